The van der Waals surface area contributed by atoms with Crippen LogP contribution in [0.1, 0.15) is 24.8 Å². The molecular formula is C21H22F2N8. The van der Waals surface area contributed by atoms with Crippen molar-refractivity contribution < 1.29 is 8.78 Å². The smallest absolute Gasteiger partial charge is 0.190 e. The van der Waals surface area contributed by atoms with Crippen molar-refractivity contribution in [2.24, 2.45) is 0 Å². The summed E-state index contributed by atoms with van der Waals surface area (Å²) >= 11 is 0. The Kier molecular flexibility index (Phi) is 5.16. The van der Waals surface area contributed by atoms with E-state index in [1.807, 2.05) is 6.07 Å². The van der Waals surface area contributed by atoms with Crippen LogP contribution in [0, 0.1) is 11.6 Å². The van der Waals surface area contributed by atoms with Gasteiger partial charge in [-0.25, -0.2) is 23.8 Å². The van der Waals surface area contributed by atoms with Crippen molar-refractivity contribution in [1.29, 1.82) is 0 Å². The number of halogens is 2. The molecule has 0 spiro atoms. The highest BCUT2D eigenvalue weighted by molar-refractivity contribution is 5.76. The van der Waals surface area contributed by atoms with Crippen LogP contribution in [0.3, 0.4) is 0 Å². The van der Waals surface area contributed by atoms with E-state index in [9.17, 15) is 8.78 Å². The van der Waals surface area contributed by atoms with Crippen molar-refractivity contribution >= 4 is 11.4 Å². The third-order valence-electron chi connectivity index (χ3n) is 5.83. The molecule has 0 saturated carbocycles. The first-order valence-electron chi connectivity index (χ1n) is 10.3. The van der Waals surface area contributed by atoms with E-state index in [0.717, 1.165) is 48.9 Å². The summed E-state index contributed by atoms with van der Waals surface area (Å²) in [4.78, 5) is 4.32. The number of nitrogens with zero attached hydrogens (tertiary/aromatic N) is 7. The van der Waals surface area contributed by atoms with Gasteiger partial charge in [0.15, 0.2) is 17.5 Å². The zero-order valence-corrected chi connectivity index (χ0v) is 16.9. The Hall–Kier alpha value is -3.24. The maximum atomic E-state index is 14.3. The molecule has 160 valence electrons. The number of aromatic nitrogens is 5. The molecule has 2 N–H and O–H groups in total. The van der Waals surface area contributed by atoms with Crippen LogP contribution in [0.5, 0.6) is 0 Å². The Balaban J connectivity index is 1.47. The van der Waals surface area contributed by atoms with Crippen LogP contribution in [0.4, 0.5) is 14.6 Å². The molecule has 0 unspecified atom stereocenters. The highest BCUT2D eigenvalue weighted by atomic mass is 19.2. The molecule has 10 heteroatoms. The monoisotopic (exact) mass is 424 g/mol. The van der Waals surface area contributed by atoms with Crippen molar-refractivity contribution in [2.75, 3.05) is 31.9 Å². The van der Waals surface area contributed by atoms with Gasteiger partial charge in [0.25, 0.3) is 0 Å². The van der Waals surface area contributed by atoms with Crippen LogP contribution >= 0.6 is 0 Å². The zero-order valence-electron chi connectivity index (χ0n) is 16.9. The van der Waals surface area contributed by atoms with E-state index in [-0.39, 0.29) is 17.3 Å². The predicted molar refractivity (Wildman–Crippen MR) is 112 cm³/mol. The van der Waals surface area contributed by atoms with E-state index in [2.05, 4.69) is 36.6 Å². The van der Waals surface area contributed by atoms with Crippen molar-refractivity contribution in [3.8, 4) is 17.1 Å². The number of hydrogen-bond donors (Lipinski definition) is 1. The molecule has 0 radical (unpaired) electrons. The average molecular weight is 424 g/mol. The van der Waals surface area contributed by atoms with Gasteiger partial charge in [0, 0.05) is 32.4 Å². The molecule has 2 aliphatic heterocycles. The van der Waals surface area contributed by atoms with E-state index >= 15 is 0 Å². The molecule has 2 aromatic heterocycles. The molecule has 0 bridgehead atoms. The molecule has 31 heavy (non-hydrogen) atoms. The second-order valence-electron chi connectivity index (χ2n) is 7.70. The third-order valence-corrected chi connectivity index (χ3v) is 5.83. The number of nitrogen functional groups attached to an aromatic ring is 1. The lowest BCUT2D eigenvalue weighted by Crippen LogP contribution is -2.42. The quantitative estimate of drug-likeness (QED) is 0.689. The van der Waals surface area contributed by atoms with Crippen molar-refractivity contribution in [1.82, 2.24) is 35.2 Å². The van der Waals surface area contributed by atoms with Gasteiger partial charge >= 0.3 is 0 Å². The topological polar surface area (TPSA) is 89.0 Å². The molecule has 1 fully saturated rings. The Bertz CT molecular complexity index is 1140. The van der Waals surface area contributed by atoms with E-state index in [0.29, 0.717) is 5.56 Å². The van der Waals surface area contributed by atoms with Crippen LogP contribution in [0.15, 0.2) is 36.5 Å². The van der Waals surface area contributed by atoms with Gasteiger partial charge in [0.2, 0.25) is 0 Å². The number of nitrogens with two attached hydrogens (primary N) is 1. The molecule has 0 amide bonds. The molecular weight excluding hydrogens is 402 g/mol. The summed E-state index contributed by atoms with van der Waals surface area (Å²) in [5, 5.41) is 16.3. The number of anilines is 1. The van der Waals surface area contributed by atoms with Crippen molar-refractivity contribution in [3.05, 3.63) is 53.7 Å². The highest BCUT2D eigenvalue weighted by Gasteiger charge is 2.23. The Morgan fingerprint density at radius 3 is 2.65 bits per heavy atom. The second kappa shape index (κ2) is 8.12. The zero-order chi connectivity index (χ0) is 21.4. The Morgan fingerprint density at radius 1 is 1.03 bits per heavy atom. The van der Waals surface area contributed by atoms with Gasteiger partial charge in [-0.15, -0.1) is 5.10 Å². The molecule has 3 aromatic rings. The van der Waals surface area contributed by atoms with Crippen LogP contribution in [0.2, 0.25) is 0 Å². The summed E-state index contributed by atoms with van der Waals surface area (Å²) in [5.41, 5.74) is 8.56. The summed E-state index contributed by atoms with van der Waals surface area (Å²) in [7, 11) is 0. The number of hydrazine groups is 1. The van der Waals surface area contributed by atoms with Crippen LogP contribution in [-0.4, -0.2) is 61.4 Å². The predicted octanol–water partition coefficient (Wildman–Crippen LogP) is 2.68. The molecule has 0 atom stereocenters. The van der Waals surface area contributed by atoms with E-state index in [1.165, 1.54) is 30.5 Å². The van der Waals surface area contributed by atoms with Crippen LogP contribution in [0.25, 0.3) is 22.6 Å². The first kappa shape index (κ1) is 19.7. The van der Waals surface area contributed by atoms with Gasteiger partial charge in [0.05, 0.1) is 5.56 Å². The number of pyridine rings is 1. The molecule has 1 saturated heterocycles. The fraction of sp³-hybridized carbons (Fsp3) is 0.333. The standard InChI is InChI=1S/C21H22F2N8/c22-17-4-3-5-18(19(17)23)31-21(26-27-28-31)16-12-15(13-25-20(16)24)14-6-10-30(11-7-14)29-8-1-2-9-29/h3-6,12-13H,1-2,7-11H2,(H2,24,25). The number of rotatable bonds is 4. The number of benzene rings is 1. The van der Waals surface area contributed by atoms with E-state index in [1.54, 1.807) is 6.20 Å². The molecule has 0 aliphatic carbocycles. The fourth-order valence-corrected chi connectivity index (χ4v) is 4.16. The van der Waals surface area contributed by atoms with Crippen molar-refractivity contribution in [2.45, 2.75) is 19.3 Å². The summed E-state index contributed by atoms with van der Waals surface area (Å²) in [6.07, 6.45) is 7.31. The second-order valence-corrected chi connectivity index (χ2v) is 7.70. The molecule has 5 rings (SSSR count). The maximum Gasteiger partial charge on any atom is 0.190 e. The summed E-state index contributed by atoms with van der Waals surface area (Å²) < 4.78 is 29.2. The number of tetrazole rings is 1. The molecule has 4 heterocycles. The van der Waals surface area contributed by atoms with Gasteiger partial charge in [0.1, 0.15) is 11.5 Å². The SMILES string of the molecule is Nc1ncc(C2=CCN(N3CCCC3)CC2)cc1-c1nnnn1-c1cccc(F)c1F. The highest BCUT2D eigenvalue weighted by Crippen LogP contribution is 2.31. The minimum atomic E-state index is -1.03. The third kappa shape index (κ3) is 3.68. The lowest BCUT2D eigenvalue weighted by molar-refractivity contribution is 0.00764. The normalized spacial score (nSPS) is 17.8. The molecule has 1 aromatic carbocycles. The van der Waals surface area contributed by atoms with Gasteiger partial charge in [-0.3, -0.25) is 0 Å². The fourth-order valence-electron chi connectivity index (χ4n) is 4.16. The number of hydrogen-bond acceptors (Lipinski definition) is 7. The van der Waals surface area contributed by atoms with Crippen LogP contribution in [-0.2, 0) is 0 Å². The van der Waals surface area contributed by atoms with Gasteiger partial charge < -0.3 is 5.73 Å². The van der Waals surface area contributed by atoms with Crippen LogP contribution < -0.4 is 5.73 Å². The maximum absolute atomic E-state index is 14.3. The minimum Gasteiger partial charge on any atom is -0.383 e. The van der Waals surface area contributed by atoms with Gasteiger partial charge in [-0.05, 0) is 59.0 Å². The van der Waals surface area contributed by atoms with Crippen molar-refractivity contribution in [3.63, 3.8) is 0 Å². The molecule has 2 aliphatic rings. The lowest BCUT2D eigenvalue weighted by atomic mass is 10.00. The van der Waals surface area contributed by atoms with Gasteiger partial charge in [-0.1, -0.05) is 12.1 Å². The average Bonchev–Trinajstić information content (AvgIpc) is 3.49. The van der Waals surface area contributed by atoms with E-state index < -0.39 is 11.6 Å². The summed E-state index contributed by atoms with van der Waals surface area (Å²) in [5.74, 6) is -1.59. The lowest BCUT2D eigenvalue weighted by Gasteiger charge is -2.34. The largest absolute Gasteiger partial charge is 0.383 e. The summed E-state index contributed by atoms with van der Waals surface area (Å²) in [6.45, 7) is 4.03. The first-order chi connectivity index (χ1) is 15.1. The summed E-state index contributed by atoms with van der Waals surface area (Å²) in [6, 6.07) is 5.71. The Labute approximate surface area is 177 Å². The van der Waals surface area contributed by atoms with Gasteiger partial charge in [-0.2, -0.15) is 4.68 Å². The minimum absolute atomic E-state index is 0.0945. The Morgan fingerprint density at radius 2 is 1.87 bits per heavy atom. The molecule has 8 nitrogen and oxygen atoms in total. The van der Waals surface area contributed by atoms with E-state index in [4.69, 9.17) is 5.73 Å². The first-order valence-corrected chi connectivity index (χ1v) is 10.3.